The van der Waals surface area contributed by atoms with E-state index < -0.39 is 17.7 Å². The molecule has 1 unspecified atom stereocenters. The molecular formula is C18H16FNO3. The maximum Gasteiger partial charge on any atom is 0.316 e. The maximum absolute atomic E-state index is 13.8. The molecule has 4 nitrogen and oxygen atoms in total. The number of carbonyl (C=O) groups excluding carboxylic acids is 2. The lowest BCUT2D eigenvalue weighted by Crippen LogP contribution is -2.28. The van der Waals surface area contributed by atoms with Gasteiger partial charge in [0, 0.05) is 13.0 Å². The van der Waals surface area contributed by atoms with Crippen LogP contribution in [-0.4, -0.2) is 18.4 Å². The number of amides is 1. The van der Waals surface area contributed by atoms with Crippen LogP contribution in [0.3, 0.4) is 0 Å². The smallest absolute Gasteiger partial charge is 0.316 e. The minimum absolute atomic E-state index is 0.0268. The van der Waals surface area contributed by atoms with Crippen molar-refractivity contribution in [2.45, 2.75) is 13.3 Å². The third-order valence-corrected chi connectivity index (χ3v) is 3.91. The van der Waals surface area contributed by atoms with Crippen LogP contribution in [0.2, 0.25) is 0 Å². The molecule has 1 aliphatic heterocycles. The first kappa shape index (κ1) is 15.2. The molecule has 0 N–H and O–H groups in total. The number of rotatable bonds is 3. The second-order valence-electron chi connectivity index (χ2n) is 5.54. The summed E-state index contributed by atoms with van der Waals surface area (Å²) in [7, 11) is 0. The number of esters is 1. The van der Waals surface area contributed by atoms with E-state index in [1.54, 1.807) is 24.3 Å². The van der Waals surface area contributed by atoms with Crippen LogP contribution in [0.15, 0.2) is 48.5 Å². The largest absolute Gasteiger partial charge is 0.426 e. The Hall–Kier alpha value is -2.69. The summed E-state index contributed by atoms with van der Waals surface area (Å²) in [6, 6.07) is 13.2. The Labute approximate surface area is 133 Å². The highest BCUT2D eigenvalue weighted by Crippen LogP contribution is 2.28. The van der Waals surface area contributed by atoms with E-state index in [2.05, 4.69) is 0 Å². The number of hydrogen-bond acceptors (Lipinski definition) is 3. The fourth-order valence-electron chi connectivity index (χ4n) is 2.63. The van der Waals surface area contributed by atoms with E-state index >= 15 is 0 Å². The first-order valence-corrected chi connectivity index (χ1v) is 7.38. The van der Waals surface area contributed by atoms with Crippen LogP contribution in [0.25, 0.3) is 0 Å². The van der Waals surface area contributed by atoms with Crippen molar-refractivity contribution >= 4 is 17.6 Å². The van der Waals surface area contributed by atoms with Crippen molar-refractivity contribution in [2.75, 3.05) is 11.4 Å². The quantitative estimate of drug-likeness (QED) is 0.646. The number of para-hydroxylation sites is 2. The van der Waals surface area contributed by atoms with Crippen LogP contribution in [0.5, 0.6) is 5.75 Å². The van der Waals surface area contributed by atoms with Gasteiger partial charge in [0.25, 0.3) is 0 Å². The monoisotopic (exact) mass is 313 g/mol. The van der Waals surface area contributed by atoms with Crippen molar-refractivity contribution in [1.82, 2.24) is 0 Å². The highest BCUT2D eigenvalue weighted by atomic mass is 19.1. The molecule has 1 saturated heterocycles. The molecule has 0 radical (unpaired) electrons. The van der Waals surface area contributed by atoms with E-state index in [-0.39, 0.29) is 24.6 Å². The number of carbonyl (C=O) groups is 2. The van der Waals surface area contributed by atoms with Gasteiger partial charge in [0.2, 0.25) is 5.91 Å². The number of hydrogen-bond donors (Lipinski definition) is 0. The zero-order valence-corrected chi connectivity index (χ0v) is 12.7. The lowest BCUT2D eigenvalue weighted by atomic mass is 10.1. The van der Waals surface area contributed by atoms with E-state index in [4.69, 9.17) is 4.74 Å². The average molecular weight is 313 g/mol. The molecule has 1 amide bonds. The number of aryl methyl sites for hydroxylation is 1. The molecule has 2 aromatic rings. The first-order valence-electron chi connectivity index (χ1n) is 7.38. The standard InChI is InChI=1S/C18H16FNO3/c1-12-6-2-5-9-16(12)23-18(22)13-10-17(21)20(11-13)15-8-4-3-7-14(15)19/h2-9,13H,10-11H2,1H3. The molecule has 2 aromatic carbocycles. The first-order chi connectivity index (χ1) is 11.1. The fourth-order valence-corrected chi connectivity index (χ4v) is 2.63. The minimum atomic E-state index is -0.596. The molecule has 0 aliphatic carbocycles. The molecule has 23 heavy (non-hydrogen) atoms. The number of nitrogens with zero attached hydrogens (tertiary/aromatic N) is 1. The molecule has 0 saturated carbocycles. The van der Waals surface area contributed by atoms with Gasteiger partial charge in [0.1, 0.15) is 11.6 Å². The van der Waals surface area contributed by atoms with E-state index in [0.29, 0.717) is 5.75 Å². The Kier molecular flexibility index (Phi) is 4.10. The molecule has 1 fully saturated rings. The SMILES string of the molecule is Cc1ccccc1OC(=O)C1CC(=O)N(c2ccccc2F)C1. The van der Waals surface area contributed by atoms with E-state index in [9.17, 15) is 14.0 Å². The molecule has 1 heterocycles. The van der Waals surface area contributed by atoms with Crippen molar-refractivity contribution in [3.8, 4) is 5.75 Å². The van der Waals surface area contributed by atoms with Crippen LogP contribution in [-0.2, 0) is 9.59 Å². The van der Waals surface area contributed by atoms with Gasteiger partial charge in [-0.1, -0.05) is 30.3 Å². The van der Waals surface area contributed by atoms with E-state index in [1.165, 1.54) is 17.0 Å². The number of benzene rings is 2. The Balaban J connectivity index is 1.74. The fraction of sp³-hybridized carbons (Fsp3) is 0.222. The molecule has 0 spiro atoms. The zero-order valence-electron chi connectivity index (χ0n) is 12.7. The Morgan fingerprint density at radius 2 is 1.87 bits per heavy atom. The third kappa shape index (κ3) is 3.08. The second kappa shape index (κ2) is 6.20. The normalized spacial score (nSPS) is 17.4. The van der Waals surface area contributed by atoms with Gasteiger partial charge >= 0.3 is 5.97 Å². The molecular weight excluding hydrogens is 297 g/mol. The van der Waals surface area contributed by atoms with Crippen molar-refractivity contribution in [3.05, 3.63) is 59.9 Å². The van der Waals surface area contributed by atoms with Crippen LogP contribution in [0.4, 0.5) is 10.1 Å². The highest BCUT2D eigenvalue weighted by molar-refractivity contribution is 5.99. The van der Waals surface area contributed by atoms with Gasteiger partial charge < -0.3 is 9.64 Å². The summed E-state index contributed by atoms with van der Waals surface area (Å²) in [5.74, 6) is -1.34. The van der Waals surface area contributed by atoms with Crippen molar-refractivity contribution < 1.29 is 18.7 Å². The van der Waals surface area contributed by atoms with Gasteiger partial charge in [-0.2, -0.15) is 0 Å². The number of anilines is 1. The maximum atomic E-state index is 13.8. The molecule has 5 heteroatoms. The van der Waals surface area contributed by atoms with Crippen LogP contribution in [0.1, 0.15) is 12.0 Å². The summed E-state index contributed by atoms with van der Waals surface area (Å²) >= 11 is 0. The van der Waals surface area contributed by atoms with Crippen LogP contribution < -0.4 is 9.64 Å². The number of halogens is 1. The predicted octanol–water partition coefficient (Wildman–Crippen LogP) is 3.09. The van der Waals surface area contributed by atoms with E-state index in [0.717, 1.165) is 5.56 Å². The third-order valence-electron chi connectivity index (χ3n) is 3.91. The Morgan fingerprint density at radius 3 is 2.61 bits per heavy atom. The van der Waals surface area contributed by atoms with Crippen LogP contribution >= 0.6 is 0 Å². The van der Waals surface area contributed by atoms with E-state index in [1.807, 2.05) is 19.1 Å². The highest BCUT2D eigenvalue weighted by Gasteiger charge is 2.37. The van der Waals surface area contributed by atoms with Gasteiger partial charge in [-0.25, -0.2) is 4.39 Å². The van der Waals surface area contributed by atoms with Gasteiger partial charge in [-0.05, 0) is 30.7 Å². The average Bonchev–Trinajstić information content (AvgIpc) is 2.92. The molecule has 1 aliphatic rings. The van der Waals surface area contributed by atoms with Gasteiger partial charge in [-0.15, -0.1) is 0 Å². The molecule has 1 atom stereocenters. The summed E-state index contributed by atoms with van der Waals surface area (Å²) in [5, 5.41) is 0. The second-order valence-corrected chi connectivity index (χ2v) is 5.54. The van der Waals surface area contributed by atoms with Crippen molar-refractivity contribution in [1.29, 1.82) is 0 Å². The summed E-state index contributed by atoms with van der Waals surface area (Å²) < 4.78 is 19.2. The molecule has 0 bridgehead atoms. The van der Waals surface area contributed by atoms with Gasteiger partial charge in [0.15, 0.2) is 0 Å². The molecule has 3 rings (SSSR count). The topological polar surface area (TPSA) is 46.6 Å². The number of ether oxygens (including phenoxy) is 1. The Morgan fingerprint density at radius 1 is 1.17 bits per heavy atom. The molecule has 118 valence electrons. The summed E-state index contributed by atoms with van der Waals surface area (Å²) in [6.07, 6.45) is 0.0268. The lowest BCUT2D eigenvalue weighted by Gasteiger charge is -2.17. The lowest BCUT2D eigenvalue weighted by molar-refractivity contribution is -0.139. The summed E-state index contributed by atoms with van der Waals surface area (Å²) in [5.41, 5.74) is 1.04. The molecule has 0 aromatic heterocycles. The van der Waals surface area contributed by atoms with Gasteiger partial charge in [-0.3, -0.25) is 9.59 Å². The predicted molar refractivity (Wildman–Crippen MR) is 83.7 cm³/mol. The van der Waals surface area contributed by atoms with Gasteiger partial charge in [0.05, 0.1) is 11.6 Å². The van der Waals surface area contributed by atoms with Crippen molar-refractivity contribution in [2.24, 2.45) is 5.92 Å². The van der Waals surface area contributed by atoms with Crippen molar-refractivity contribution in [3.63, 3.8) is 0 Å². The van der Waals surface area contributed by atoms with Crippen LogP contribution in [0, 0.1) is 18.7 Å². The Bertz CT molecular complexity index is 759. The minimum Gasteiger partial charge on any atom is -0.426 e. The zero-order chi connectivity index (χ0) is 16.4. The summed E-state index contributed by atoms with van der Waals surface area (Å²) in [6.45, 7) is 1.97. The summed E-state index contributed by atoms with van der Waals surface area (Å²) in [4.78, 5) is 25.7.